The van der Waals surface area contributed by atoms with Gasteiger partial charge in [0.25, 0.3) is 0 Å². The van der Waals surface area contributed by atoms with E-state index in [4.69, 9.17) is 20.9 Å². The van der Waals surface area contributed by atoms with E-state index in [1.165, 1.54) is 0 Å². The van der Waals surface area contributed by atoms with E-state index in [9.17, 15) is 4.79 Å². The number of aromatic nitrogens is 1. The molecule has 0 N–H and O–H groups in total. The zero-order valence-corrected chi connectivity index (χ0v) is 14.8. The summed E-state index contributed by atoms with van der Waals surface area (Å²) < 4.78 is 11.0. The molecule has 1 aromatic carbocycles. The van der Waals surface area contributed by atoms with E-state index in [1.54, 1.807) is 4.90 Å². The van der Waals surface area contributed by atoms with Gasteiger partial charge in [0.1, 0.15) is 11.3 Å². The maximum absolute atomic E-state index is 12.4. The smallest absolute Gasteiger partial charge is 0.410 e. The Balaban J connectivity index is 1.80. The fourth-order valence-electron chi connectivity index (χ4n) is 2.84. The average molecular weight is 349 g/mol. The fourth-order valence-corrected chi connectivity index (χ4v) is 3.03. The van der Waals surface area contributed by atoms with Gasteiger partial charge >= 0.3 is 6.09 Å². The van der Waals surface area contributed by atoms with Gasteiger partial charge in [-0.2, -0.15) is 0 Å². The maximum atomic E-state index is 12.4. The Kier molecular flexibility index (Phi) is 4.54. The molecule has 1 aliphatic heterocycles. The molecule has 0 saturated carbocycles. The molecule has 1 unspecified atom stereocenters. The summed E-state index contributed by atoms with van der Waals surface area (Å²) in [5.74, 6) is 0.642. The van der Waals surface area contributed by atoms with Crippen molar-refractivity contribution in [2.75, 3.05) is 6.54 Å². The van der Waals surface area contributed by atoms with Gasteiger partial charge in [-0.3, -0.25) is 4.90 Å². The van der Waals surface area contributed by atoms with Crippen molar-refractivity contribution in [2.24, 2.45) is 0 Å². The number of benzene rings is 1. The first-order valence-corrected chi connectivity index (χ1v) is 8.43. The Labute approximate surface area is 146 Å². The standard InChI is InChI=1S/C18H21ClN2O3/c1-18(2,3)23-17(22)21-9-5-8-15(21)14-11-16(24-20-14)12-6-4-7-13(19)10-12/h4,6-7,10-11,15H,5,8-9H2,1-3H3. The molecule has 1 aromatic heterocycles. The molecule has 0 spiro atoms. The summed E-state index contributed by atoms with van der Waals surface area (Å²) in [6, 6.07) is 9.17. The summed E-state index contributed by atoms with van der Waals surface area (Å²) in [6.45, 7) is 6.26. The minimum absolute atomic E-state index is 0.114. The number of rotatable bonds is 2. The number of hydrogen-bond acceptors (Lipinski definition) is 4. The van der Waals surface area contributed by atoms with Crippen LogP contribution in [0.4, 0.5) is 4.79 Å². The highest BCUT2D eigenvalue weighted by atomic mass is 35.5. The first-order chi connectivity index (χ1) is 11.3. The summed E-state index contributed by atoms with van der Waals surface area (Å²) in [5, 5.41) is 4.81. The number of carbonyl (C=O) groups excluding carboxylic acids is 1. The molecule has 5 nitrogen and oxygen atoms in total. The van der Waals surface area contributed by atoms with Crippen LogP contribution in [0.1, 0.15) is 45.3 Å². The maximum Gasteiger partial charge on any atom is 0.410 e. The van der Waals surface area contributed by atoms with E-state index in [0.717, 1.165) is 24.1 Å². The number of ether oxygens (including phenoxy) is 1. The number of nitrogens with zero attached hydrogens (tertiary/aromatic N) is 2. The normalized spacial score (nSPS) is 18.0. The van der Waals surface area contributed by atoms with Crippen LogP contribution in [0.25, 0.3) is 11.3 Å². The third-order valence-electron chi connectivity index (χ3n) is 3.86. The van der Waals surface area contributed by atoms with Crippen molar-refractivity contribution in [3.8, 4) is 11.3 Å². The molecule has 1 atom stereocenters. The number of halogens is 1. The minimum Gasteiger partial charge on any atom is -0.444 e. The highest BCUT2D eigenvalue weighted by molar-refractivity contribution is 6.30. The molecule has 0 bridgehead atoms. The predicted octanol–water partition coefficient (Wildman–Crippen LogP) is 5.07. The van der Waals surface area contributed by atoms with E-state index in [2.05, 4.69) is 5.16 Å². The van der Waals surface area contributed by atoms with Gasteiger partial charge in [0.2, 0.25) is 0 Å². The second-order valence-corrected chi connectivity index (χ2v) is 7.39. The van der Waals surface area contributed by atoms with Gasteiger partial charge in [0.15, 0.2) is 5.76 Å². The van der Waals surface area contributed by atoms with Gasteiger partial charge < -0.3 is 9.26 Å². The SMILES string of the molecule is CC(C)(C)OC(=O)N1CCCC1c1cc(-c2cccc(Cl)c2)on1. The molecule has 1 fully saturated rings. The number of carbonyl (C=O) groups is 1. The van der Waals surface area contributed by atoms with Crippen molar-refractivity contribution in [1.82, 2.24) is 10.1 Å². The molecule has 0 aliphatic carbocycles. The van der Waals surface area contributed by atoms with Crippen LogP contribution in [-0.4, -0.2) is 28.3 Å². The van der Waals surface area contributed by atoms with E-state index in [0.29, 0.717) is 17.3 Å². The third-order valence-corrected chi connectivity index (χ3v) is 4.09. The van der Waals surface area contributed by atoms with E-state index in [1.807, 2.05) is 51.1 Å². The lowest BCUT2D eigenvalue weighted by Crippen LogP contribution is -2.36. The van der Waals surface area contributed by atoms with E-state index >= 15 is 0 Å². The Hall–Kier alpha value is -2.01. The lowest BCUT2D eigenvalue weighted by Gasteiger charge is -2.27. The Bertz CT molecular complexity index is 736. The van der Waals surface area contributed by atoms with Crippen LogP contribution in [0.3, 0.4) is 0 Å². The Morgan fingerprint density at radius 1 is 1.38 bits per heavy atom. The lowest BCUT2D eigenvalue weighted by atomic mass is 10.1. The summed E-state index contributed by atoms with van der Waals surface area (Å²) in [7, 11) is 0. The zero-order chi connectivity index (χ0) is 17.3. The highest BCUT2D eigenvalue weighted by Gasteiger charge is 2.35. The second-order valence-electron chi connectivity index (χ2n) is 6.96. The summed E-state index contributed by atoms with van der Waals surface area (Å²) in [4.78, 5) is 14.1. The molecule has 0 radical (unpaired) electrons. The third kappa shape index (κ3) is 3.73. The van der Waals surface area contributed by atoms with Crippen molar-refractivity contribution in [2.45, 2.75) is 45.3 Å². The van der Waals surface area contributed by atoms with Crippen LogP contribution in [0.15, 0.2) is 34.9 Å². The van der Waals surface area contributed by atoms with Crippen LogP contribution in [0, 0.1) is 0 Å². The van der Waals surface area contributed by atoms with Gasteiger partial charge in [-0.05, 0) is 45.7 Å². The van der Waals surface area contributed by atoms with Crippen LogP contribution >= 0.6 is 11.6 Å². The molecule has 24 heavy (non-hydrogen) atoms. The molecule has 2 aromatic rings. The molecule has 1 amide bonds. The highest BCUT2D eigenvalue weighted by Crippen LogP contribution is 2.34. The number of amides is 1. The van der Waals surface area contributed by atoms with Crippen molar-refractivity contribution < 1.29 is 14.1 Å². The van der Waals surface area contributed by atoms with Gasteiger partial charge in [0.05, 0.1) is 6.04 Å². The molecule has 6 heteroatoms. The van der Waals surface area contributed by atoms with Gasteiger partial charge in [-0.15, -0.1) is 0 Å². The zero-order valence-electron chi connectivity index (χ0n) is 14.1. The average Bonchev–Trinajstić information content (AvgIpc) is 3.14. The van der Waals surface area contributed by atoms with Crippen molar-refractivity contribution in [1.29, 1.82) is 0 Å². The fraction of sp³-hybridized carbons (Fsp3) is 0.444. The van der Waals surface area contributed by atoms with E-state index < -0.39 is 5.60 Å². The first-order valence-electron chi connectivity index (χ1n) is 8.06. The van der Waals surface area contributed by atoms with Gasteiger partial charge in [-0.25, -0.2) is 4.79 Å². The topological polar surface area (TPSA) is 55.6 Å². The van der Waals surface area contributed by atoms with Crippen molar-refractivity contribution >= 4 is 17.7 Å². The molecule has 128 valence electrons. The Morgan fingerprint density at radius 2 is 2.17 bits per heavy atom. The quantitative estimate of drug-likeness (QED) is 0.760. The van der Waals surface area contributed by atoms with Crippen LogP contribution in [0.2, 0.25) is 5.02 Å². The van der Waals surface area contributed by atoms with Gasteiger partial charge in [0, 0.05) is 23.2 Å². The lowest BCUT2D eigenvalue weighted by molar-refractivity contribution is 0.0219. The van der Waals surface area contributed by atoms with Crippen LogP contribution in [-0.2, 0) is 4.74 Å². The van der Waals surface area contributed by atoms with Crippen LogP contribution in [0.5, 0.6) is 0 Å². The molecular formula is C18H21ClN2O3. The van der Waals surface area contributed by atoms with Crippen LogP contribution < -0.4 is 0 Å². The number of hydrogen-bond donors (Lipinski definition) is 0. The largest absolute Gasteiger partial charge is 0.444 e. The molecule has 1 aliphatic rings. The molecule has 1 saturated heterocycles. The van der Waals surface area contributed by atoms with Crippen molar-refractivity contribution in [3.05, 3.63) is 41.0 Å². The minimum atomic E-state index is -0.514. The van der Waals surface area contributed by atoms with Crippen molar-refractivity contribution in [3.63, 3.8) is 0 Å². The second kappa shape index (κ2) is 6.48. The van der Waals surface area contributed by atoms with Gasteiger partial charge in [-0.1, -0.05) is 28.9 Å². The molecular weight excluding hydrogens is 328 g/mol. The first kappa shape index (κ1) is 16.8. The summed E-state index contributed by atoms with van der Waals surface area (Å²) in [5.41, 5.74) is 1.09. The summed E-state index contributed by atoms with van der Waals surface area (Å²) in [6.07, 6.45) is 1.46. The molecule has 2 heterocycles. The predicted molar refractivity (Wildman–Crippen MR) is 91.9 cm³/mol. The van der Waals surface area contributed by atoms with E-state index in [-0.39, 0.29) is 12.1 Å². The Morgan fingerprint density at radius 3 is 2.88 bits per heavy atom. The monoisotopic (exact) mass is 348 g/mol. The summed E-state index contributed by atoms with van der Waals surface area (Å²) >= 11 is 6.02. The molecule has 3 rings (SSSR count). The number of likely N-dealkylation sites (tertiary alicyclic amines) is 1.